The Morgan fingerprint density at radius 1 is 1.14 bits per heavy atom. The lowest BCUT2D eigenvalue weighted by Gasteiger charge is -2.14. The largest absolute Gasteiger partial charge is 0.325 e. The van der Waals surface area contributed by atoms with Gasteiger partial charge in [-0.15, -0.1) is 0 Å². The van der Waals surface area contributed by atoms with E-state index in [1.54, 1.807) is 24.3 Å². The minimum atomic E-state index is -0.109. The van der Waals surface area contributed by atoms with Crippen LogP contribution in [0.4, 0.5) is 5.69 Å². The van der Waals surface area contributed by atoms with Gasteiger partial charge in [0.2, 0.25) is 5.91 Å². The van der Waals surface area contributed by atoms with Gasteiger partial charge < -0.3 is 10.6 Å². The quantitative estimate of drug-likeness (QED) is 0.884. The van der Waals surface area contributed by atoms with E-state index in [-0.39, 0.29) is 18.5 Å². The van der Waals surface area contributed by atoms with E-state index in [0.717, 1.165) is 5.56 Å². The molecule has 0 aliphatic carbocycles. The standard InChI is InChI=1S/C17H17N3O/c1-13(15-5-3-2-4-6-15)19-12-17(21)20-16-9-7-14(11-18)8-10-16/h2-10,13,19H,12H2,1H3,(H,20,21). The number of carbonyl (C=O) groups is 1. The van der Waals surface area contributed by atoms with Crippen molar-refractivity contribution in [3.8, 4) is 6.07 Å². The van der Waals surface area contributed by atoms with Gasteiger partial charge in [0.15, 0.2) is 0 Å². The molecule has 0 saturated carbocycles. The van der Waals surface area contributed by atoms with Gasteiger partial charge >= 0.3 is 0 Å². The fourth-order valence-electron chi connectivity index (χ4n) is 1.94. The topological polar surface area (TPSA) is 64.9 Å². The lowest BCUT2D eigenvalue weighted by molar-refractivity contribution is -0.115. The third-order valence-electron chi connectivity index (χ3n) is 3.17. The Morgan fingerprint density at radius 3 is 2.43 bits per heavy atom. The zero-order chi connectivity index (χ0) is 15.1. The van der Waals surface area contributed by atoms with Crippen molar-refractivity contribution in [2.75, 3.05) is 11.9 Å². The van der Waals surface area contributed by atoms with Crippen molar-refractivity contribution in [1.29, 1.82) is 5.26 Å². The van der Waals surface area contributed by atoms with Crippen LogP contribution < -0.4 is 10.6 Å². The average molecular weight is 279 g/mol. The lowest BCUT2D eigenvalue weighted by atomic mass is 10.1. The summed E-state index contributed by atoms with van der Waals surface area (Å²) in [6, 6.07) is 18.9. The van der Waals surface area contributed by atoms with Gasteiger partial charge in [-0.1, -0.05) is 30.3 Å². The molecule has 4 heteroatoms. The fraction of sp³-hybridized carbons (Fsp3) is 0.176. The molecule has 2 N–H and O–H groups in total. The smallest absolute Gasteiger partial charge is 0.238 e. The van der Waals surface area contributed by atoms with Gasteiger partial charge in [0, 0.05) is 11.7 Å². The molecule has 2 aromatic carbocycles. The van der Waals surface area contributed by atoms with Gasteiger partial charge in [0.05, 0.1) is 18.2 Å². The summed E-state index contributed by atoms with van der Waals surface area (Å²) in [5, 5.41) is 14.7. The van der Waals surface area contributed by atoms with Gasteiger partial charge in [-0.3, -0.25) is 4.79 Å². The maximum Gasteiger partial charge on any atom is 0.238 e. The third-order valence-corrected chi connectivity index (χ3v) is 3.17. The first-order valence-electron chi connectivity index (χ1n) is 6.77. The molecule has 0 radical (unpaired) electrons. The van der Waals surface area contributed by atoms with E-state index in [1.807, 2.05) is 43.3 Å². The van der Waals surface area contributed by atoms with Crippen LogP contribution in [-0.2, 0) is 4.79 Å². The predicted molar refractivity (Wildman–Crippen MR) is 82.6 cm³/mol. The summed E-state index contributed by atoms with van der Waals surface area (Å²) < 4.78 is 0. The second-order valence-corrected chi connectivity index (χ2v) is 4.75. The molecule has 2 aromatic rings. The van der Waals surface area contributed by atoms with E-state index in [1.165, 1.54) is 0 Å². The molecule has 1 unspecified atom stereocenters. The number of nitrogens with one attached hydrogen (secondary N) is 2. The second kappa shape index (κ2) is 7.22. The SMILES string of the molecule is CC(NCC(=O)Nc1ccc(C#N)cc1)c1ccccc1. The lowest BCUT2D eigenvalue weighted by Crippen LogP contribution is -2.30. The Bertz CT molecular complexity index is 629. The monoisotopic (exact) mass is 279 g/mol. The number of amides is 1. The van der Waals surface area contributed by atoms with Gasteiger partial charge in [-0.05, 0) is 36.8 Å². The summed E-state index contributed by atoms with van der Waals surface area (Å²) in [5.41, 5.74) is 2.40. The molecule has 0 fully saturated rings. The average Bonchev–Trinajstić information content (AvgIpc) is 2.54. The van der Waals surface area contributed by atoms with Crippen molar-refractivity contribution in [3.63, 3.8) is 0 Å². The van der Waals surface area contributed by atoms with Crippen LogP contribution in [0.25, 0.3) is 0 Å². The van der Waals surface area contributed by atoms with E-state index in [2.05, 4.69) is 10.6 Å². The normalized spacial score (nSPS) is 11.4. The van der Waals surface area contributed by atoms with Crippen LogP contribution in [0.1, 0.15) is 24.1 Å². The molecule has 0 heterocycles. The maximum absolute atomic E-state index is 11.9. The Hall–Kier alpha value is -2.64. The molecule has 0 bridgehead atoms. The van der Waals surface area contributed by atoms with E-state index < -0.39 is 0 Å². The number of nitrogens with zero attached hydrogens (tertiary/aromatic N) is 1. The molecule has 2 rings (SSSR count). The molecule has 1 atom stereocenters. The van der Waals surface area contributed by atoms with E-state index >= 15 is 0 Å². The molecule has 0 aliphatic heterocycles. The number of hydrogen-bond donors (Lipinski definition) is 2. The third kappa shape index (κ3) is 4.44. The Kier molecular flexibility index (Phi) is 5.08. The minimum absolute atomic E-state index is 0.109. The summed E-state index contributed by atoms with van der Waals surface area (Å²) in [7, 11) is 0. The molecule has 4 nitrogen and oxygen atoms in total. The Labute approximate surface area is 124 Å². The van der Waals surface area contributed by atoms with Crippen molar-refractivity contribution in [1.82, 2.24) is 5.32 Å². The highest BCUT2D eigenvalue weighted by Gasteiger charge is 2.07. The summed E-state index contributed by atoms with van der Waals surface area (Å²) >= 11 is 0. The van der Waals surface area contributed by atoms with Gasteiger partial charge in [-0.25, -0.2) is 0 Å². The van der Waals surface area contributed by atoms with Crippen molar-refractivity contribution in [2.24, 2.45) is 0 Å². The van der Waals surface area contributed by atoms with Crippen LogP contribution >= 0.6 is 0 Å². The molecule has 21 heavy (non-hydrogen) atoms. The van der Waals surface area contributed by atoms with Crippen LogP contribution in [0.5, 0.6) is 0 Å². The molecular formula is C17H17N3O. The van der Waals surface area contributed by atoms with Gasteiger partial charge in [-0.2, -0.15) is 5.26 Å². The first kappa shape index (κ1) is 14.8. The molecular weight excluding hydrogens is 262 g/mol. The molecule has 0 spiro atoms. The van der Waals surface area contributed by atoms with Crippen LogP contribution in [0.15, 0.2) is 54.6 Å². The number of benzene rings is 2. The summed E-state index contributed by atoms with van der Waals surface area (Å²) in [5.74, 6) is -0.109. The van der Waals surface area contributed by atoms with Gasteiger partial charge in [0.25, 0.3) is 0 Å². The first-order valence-corrected chi connectivity index (χ1v) is 6.77. The van der Waals surface area contributed by atoms with Crippen LogP contribution in [0.3, 0.4) is 0 Å². The molecule has 0 saturated heterocycles. The van der Waals surface area contributed by atoms with Crippen LogP contribution in [0.2, 0.25) is 0 Å². The van der Waals surface area contributed by atoms with Crippen molar-refractivity contribution in [2.45, 2.75) is 13.0 Å². The number of nitriles is 1. The van der Waals surface area contributed by atoms with Crippen molar-refractivity contribution >= 4 is 11.6 Å². The summed E-state index contributed by atoms with van der Waals surface area (Å²) in [4.78, 5) is 11.9. The molecule has 0 aliphatic rings. The number of hydrogen-bond acceptors (Lipinski definition) is 3. The molecule has 0 aromatic heterocycles. The van der Waals surface area contributed by atoms with Crippen molar-refractivity contribution in [3.05, 3.63) is 65.7 Å². The van der Waals surface area contributed by atoms with Crippen molar-refractivity contribution < 1.29 is 4.79 Å². The van der Waals surface area contributed by atoms with Crippen LogP contribution in [0, 0.1) is 11.3 Å². The zero-order valence-corrected chi connectivity index (χ0v) is 11.8. The number of anilines is 1. The van der Waals surface area contributed by atoms with Gasteiger partial charge in [0.1, 0.15) is 0 Å². The first-order chi connectivity index (χ1) is 10.2. The maximum atomic E-state index is 11.9. The summed E-state index contributed by atoms with van der Waals surface area (Å²) in [6.45, 7) is 2.25. The fourth-order valence-corrected chi connectivity index (χ4v) is 1.94. The number of carbonyl (C=O) groups excluding carboxylic acids is 1. The van der Waals surface area contributed by atoms with E-state index in [4.69, 9.17) is 5.26 Å². The molecule has 106 valence electrons. The highest BCUT2D eigenvalue weighted by molar-refractivity contribution is 5.92. The van der Waals surface area contributed by atoms with E-state index in [0.29, 0.717) is 11.3 Å². The summed E-state index contributed by atoms with van der Waals surface area (Å²) in [6.07, 6.45) is 0. The zero-order valence-electron chi connectivity index (χ0n) is 11.8. The minimum Gasteiger partial charge on any atom is -0.325 e. The Morgan fingerprint density at radius 2 is 1.81 bits per heavy atom. The highest BCUT2D eigenvalue weighted by atomic mass is 16.1. The molecule has 1 amide bonds. The number of rotatable bonds is 5. The second-order valence-electron chi connectivity index (χ2n) is 4.75. The van der Waals surface area contributed by atoms with E-state index in [9.17, 15) is 4.79 Å². The van der Waals surface area contributed by atoms with Crippen LogP contribution in [-0.4, -0.2) is 12.5 Å². The Balaban J connectivity index is 1.83. The predicted octanol–water partition coefficient (Wildman–Crippen LogP) is 2.85. The highest BCUT2D eigenvalue weighted by Crippen LogP contribution is 2.11.